The van der Waals surface area contributed by atoms with E-state index in [-0.39, 0.29) is 11.7 Å². The van der Waals surface area contributed by atoms with Crippen LogP contribution in [0.1, 0.15) is 19.4 Å². The molecule has 0 bridgehead atoms. The zero-order valence-electron chi connectivity index (χ0n) is 18.1. The molecule has 2 aromatic rings. The molecule has 1 amide bonds. The standard InChI is InChI=1S/C23H30ClN5OS/c1-18(2)16-25-22(30)17-31-23-26-20(24)15-21(27-23)29-13-11-28(12-14-29)10-6-9-19-7-4-3-5-8-19/h3-9,15,18H,10-14,16-17H2,1-2H3,(H,25,30). The molecule has 0 unspecified atom stereocenters. The lowest BCUT2D eigenvalue weighted by molar-refractivity contribution is -0.118. The van der Waals surface area contributed by atoms with Gasteiger partial charge in [0.2, 0.25) is 5.91 Å². The van der Waals surface area contributed by atoms with Crippen molar-refractivity contribution < 1.29 is 4.79 Å². The van der Waals surface area contributed by atoms with Gasteiger partial charge in [0, 0.05) is 45.3 Å². The van der Waals surface area contributed by atoms with E-state index in [1.54, 1.807) is 6.07 Å². The third-order valence-corrected chi connectivity index (χ3v) is 5.91. The number of carbonyl (C=O) groups is 1. The predicted molar refractivity (Wildman–Crippen MR) is 130 cm³/mol. The molecule has 0 spiro atoms. The Morgan fingerprint density at radius 2 is 1.94 bits per heavy atom. The van der Waals surface area contributed by atoms with Gasteiger partial charge in [-0.1, -0.05) is 79.7 Å². The average molecular weight is 460 g/mol. The van der Waals surface area contributed by atoms with Gasteiger partial charge in [0.05, 0.1) is 5.75 Å². The fraction of sp³-hybridized carbons (Fsp3) is 0.435. The van der Waals surface area contributed by atoms with Gasteiger partial charge < -0.3 is 10.2 Å². The number of carbonyl (C=O) groups excluding carboxylic acids is 1. The molecule has 0 atom stereocenters. The maximum Gasteiger partial charge on any atom is 0.230 e. The largest absolute Gasteiger partial charge is 0.355 e. The van der Waals surface area contributed by atoms with Crippen molar-refractivity contribution in [1.82, 2.24) is 20.2 Å². The quantitative estimate of drug-likeness (QED) is 0.349. The Kier molecular flexibility index (Phi) is 9.18. The SMILES string of the molecule is CC(C)CNC(=O)CSc1nc(Cl)cc(N2CCN(CC=Cc3ccccc3)CC2)n1. The molecule has 0 radical (unpaired) electrons. The van der Waals surface area contributed by atoms with Crippen LogP contribution in [0, 0.1) is 5.92 Å². The molecule has 8 heteroatoms. The average Bonchev–Trinajstić information content (AvgIpc) is 2.77. The van der Waals surface area contributed by atoms with Crippen molar-refractivity contribution in [1.29, 1.82) is 0 Å². The van der Waals surface area contributed by atoms with E-state index in [1.807, 2.05) is 6.07 Å². The van der Waals surface area contributed by atoms with E-state index in [4.69, 9.17) is 11.6 Å². The number of halogens is 1. The van der Waals surface area contributed by atoms with Crippen molar-refractivity contribution in [2.45, 2.75) is 19.0 Å². The molecular weight excluding hydrogens is 430 g/mol. The van der Waals surface area contributed by atoms with Crippen LogP contribution in [0.25, 0.3) is 6.08 Å². The maximum atomic E-state index is 12.0. The lowest BCUT2D eigenvalue weighted by Gasteiger charge is -2.35. The molecule has 0 saturated carbocycles. The highest BCUT2D eigenvalue weighted by Gasteiger charge is 2.19. The number of aromatic nitrogens is 2. The van der Waals surface area contributed by atoms with Crippen LogP contribution in [0.4, 0.5) is 5.82 Å². The van der Waals surface area contributed by atoms with E-state index in [2.05, 4.69) is 75.3 Å². The molecule has 2 heterocycles. The molecule has 0 aliphatic carbocycles. The molecule has 1 saturated heterocycles. The van der Waals surface area contributed by atoms with Crippen LogP contribution in [0.5, 0.6) is 0 Å². The van der Waals surface area contributed by atoms with E-state index in [0.29, 0.717) is 22.8 Å². The summed E-state index contributed by atoms with van der Waals surface area (Å²) in [5.41, 5.74) is 1.22. The zero-order chi connectivity index (χ0) is 22.1. The minimum atomic E-state index is -0.0130. The van der Waals surface area contributed by atoms with Gasteiger partial charge >= 0.3 is 0 Å². The van der Waals surface area contributed by atoms with Crippen molar-refractivity contribution in [3.63, 3.8) is 0 Å². The van der Waals surface area contributed by atoms with E-state index in [1.165, 1.54) is 17.3 Å². The van der Waals surface area contributed by atoms with Crippen molar-refractivity contribution in [2.24, 2.45) is 5.92 Å². The molecule has 31 heavy (non-hydrogen) atoms. The van der Waals surface area contributed by atoms with E-state index >= 15 is 0 Å². The van der Waals surface area contributed by atoms with Crippen LogP contribution in [-0.2, 0) is 4.79 Å². The highest BCUT2D eigenvalue weighted by atomic mass is 35.5. The third-order valence-electron chi connectivity index (χ3n) is 4.87. The minimum absolute atomic E-state index is 0.0130. The van der Waals surface area contributed by atoms with Gasteiger partial charge in [-0.3, -0.25) is 9.69 Å². The van der Waals surface area contributed by atoms with Gasteiger partial charge in [0.25, 0.3) is 0 Å². The number of piperazine rings is 1. The zero-order valence-corrected chi connectivity index (χ0v) is 19.7. The molecule has 1 aromatic carbocycles. The monoisotopic (exact) mass is 459 g/mol. The van der Waals surface area contributed by atoms with Crippen molar-refractivity contribution in [2.75, 3.05) is 49.9 Å². The number of thioether (sulfide) groups is 1. The molecule has 1 aliphatic rings. The summed E-state index contributed by atoms with van der Waals surface area (Å²) in [7, 11) is 0. The number of nitrogens with one attached hydrogen (secondary N) is 1. The molecule has 1 N–H and O–H groups in total. The highest BCUT2D eigenvalue weighted by Crippen LogP contribution is 2.22. The first-order chi connectivity index (χ1) is 15.0. The molecule has 1 aliphatic heterocycles. The van der Waals surface area contributed by atoms with Gasteiger partial charge in [0.15, 0.2) is 5.16 Å². The minimum Gasteiger partial charge on any atom is -0.355 e. The number of rotatable bonds is 9. The molecule has 3 rings (SSSR count). The van der Waals surface area contributed by atoms with Crippen LogP contribution < -0.4 is 10.2 Å². The van der Waals surface area contributed by atoms with Gasteiger partial charge in [-0.25, -0.2) is 9.97 Å². The molecule has 166 valence electrons. The fourth-order valence-corrected chi connectivity index (χ4v) is 4.08. The highest BCUT2D eigenvalue weighted by molar-refractivity contribution is 7.99. The predicted octanol–water partition coefficient (Wildman–Crippen LogP) is 3.83. The summed E-state index contributed by atoms with van der Waals surface area (Å²) >= 11 is 7.55. The number of hydrogen-bond acceptors (Lipinski definition) is 6. The maximum absolute atomic E-state index is 12.0. The van der Waals surface area contributed by atoms with Crippen LogP contribution in [0.3, 0.4) is 0 Å². The molecule has 1 fully saturated rings. The summed E-state index contributed by atoms with van der Waals surface area (Å²) in [5, 5.41) is 3.85. The first kappa shape index (κ1) is 23.6. The van der Waals surface area contributed by atoms with Crippen LogP contribution in [0.2, 0.25) is 5.15 Å². The summed E-state index contributed by atoms with van der Waals surface area (Å²) in [6.45, 7) is 9.42. The molecule has 6 nitrogen and oxygen atoms in total. The summed E-state index contributed by atoms with van der Waals surface area (Å²) in [6, 6.07) is 12.1. The number of nitrogens with zero attached hydrogens (tertiary/aromatic N) is 4. The number of benzene rings is 1. The molecule has 1 aromatic heterocycles. The fourth-order valence-electron chi connectivity index (χ4n) is 3.17. The normalized spacial score (nSPS) is 15.0. The Labute approximate surface area is 194 Å². The number of hydrogen-bond donors (Lipinski definition) is 1. The van der Waals surface area contributed by atoms with E-state index in [0.717, 1.165) is 38.5 Å². The Balaban J connectivity index is 1.48. The Bertz CT molecular complexity index is 870. The van der Waals surface area contributed by atoms with Crippen molar-refractivity contribution >= 4 is 41.2 Å². The number of anilines is 1. The second-order valence-corrected chi connectivity index (χ2v) is 9.25. The Morgan fingerprint density at radius 3 is 2.65 bits per heavy atom. The lowest BCUT2D eigenvalue weighted by atomic mass is 10.2. The summed E-state index contributed by atoms with van der Waals surface area (Å²) in [4.78, 5) is 25.5. The smallest absolute Gasteiger partial charge is 0.230 e. The third kappa shape index (κ3) is 8.16. The lowest BCUT2D eigenvalue weighted by Crippen LogP contribution is -2.46. The first-order valence-corrected chi connectivity index (χ1v) is 12.0. The van der Waals surface area contributed by atoms with Crippen LogP contribution >= 0.6 is 23.4 Å². The van der Waals surface area contributed by atoms with Gasteiger partial charge in [-0.2, -0.15) is 0 Å². The summed E-state index contributed by atoms with van der Waals surface area (Å²) in [6.07, 6.45) is 4.38. The Hall–Kier alpha value is -2.09. The summed E-state index contributed by atoms with van der Waals surface area (Å²) < 4.78 is 0. The summed E-state index contributed by atoms with van der Waals surface area (Å²) in [5.74, 6) is 1.52. The second kappa shape index (κ2) is 12.1. The Morgan fingerprint density at radius 1 is 1.19 bits per heavy atom. The van der Waals surface area contributed by atoms with Gasteiger partial charge in [0.1, 0.15) is 11.0 Å². The van der Waals surface area contributed by atoms with Crippen molar-refractivity contribution in [3.8, 4) is 0 Å². The first-order valence-electron chi connectivity index (χ1n) is 10.6. The second-order valence-electron chi connectivity index (χ2n) is 7.92. The van der Waals surface area contributed by atoms with Crippen molar-refractivity contribution in [3.05, 3.63) is 53.2 Å². The van der Waals surface area contributed by atoms with Gasteiger partial charge in [-0.05, 0) is 11.5 Å². The number of amides is 1. The van der Waals surface area contributed by atoms with Crippen LogP contribution in [-0.4, -0.2) is 65.8 Å². The van der Waals surface area contributed by atoms with Gasteiger partial charge in [-0.15, -0.1) is 0 Å². The van der Waals surface area contributed by atoms with E-state index in [9.17, 15) is 4.79 Å². The molecular formula is C23H30ClN5OS. The van der Waals surface area contributed by atoms with E-state index < -0.39 is 0 Å². The van der Waals surface area contributed by atoms with Crippen LogP contribution in [0.15, 0.2) is 47.6 Å². The topological polar surface area (TPSA) is 61.4 Å².